The van der Waals surface area contributed by atoms with E-state index >= 15 is 0 Å². The number of hydrazine groups is 1. The molecule has 1 aromatic carbocycles. The van der Waals surface area contributed by atoms with Gasteiger partial charge in [0.15, 0.2) is 0 Å². The van der Waals surface area contributed by atoms with Crippen LogP contribution >= 0.6 is 0 Å². The van der Waals surface area contributed by atoms with E-state index in [1.807, 2.05) is 31.2 Å². The maximum absolute atomic E-state index is 12.9. The van der Waals surface area contributed by atoms with E-state index in [1.165, 1.54) is 7.11 Å². The smallest absolute Gasteiger partial charge is 0.308 e. The van der Waals surface area contributed by atoms with Crippen molar-refractivity contribution in [1.29, 1.82) is 0 Å². The Morgan fingerprint density at radius 2 is 1.90 bits per heavy atom. The monoisotopic (exact) mass is 407 g/mol. The highest BCUT2D eigenvalue weighted by atomic mass is 16.6. The molecule has 29 heavy (non-hydrogen) atoms. The van der Waals surface area contributed by atoms with E-state index in [-0.39, 0.29) is 22.7 Å². The Labute approximate surface area is 172 Å². The topological polar surface area (TPSA) is 111 Å². The number of nitro groups is 1. The largest absolute Gasteiger partial charge is 0.469 e. The van der Waals surface area contributed by atoms with Crippen molar-refractivity contribution in [3.05, 3.63) is 45.5 Å². The zero-order valence-corrected chi connectivity index (χ0v) is 18.2. The van der Waals surface area contributed by atoms with Crippen LogP contribution in [-0.2, 0) is 26.2 Å². The van der Waals surface area contributed by atoms with Crippen molar-refractivity contribution in [2.75, 3.05) is 14.2 Å². The Morgan fingerprint density at radius 1 is 1.24 bits per heavy atom. The van der Waals surface area contributed by atoms with Gasteiger partial charge < -0.3 is 4.74 Å². The van der Waals surface area contributed by atoms with E-state index in [2.05, 4.69) is 10.9 Å². The molecule has 1 amide bonds. The van der Waals surface area contributed by atoms with Crippen molar-refractivity contribution in [1.82, 2.24) is 10.9 Å². The minimum atomic E-state index is -1.04. The number of benzene rings is 1. The molecular formula is C21H33N3O5. The normalized spacial score (nSPS) is 14.6. The minimum Gasteiger partial charge on any atom is -0.469 e. The summed E-state index contributed by atoms with van der Waals surface area (Å²) in [5.74, 6) is -0.793. The third-order valence-electron chi connectivity index (χ3n) is 5.41. The van der Waals surface area contributed by atoms with Crippen molar-refractivity contribution < 1.29 is 19.2 Å². The fourth-order valence-corrected chi connectivity index (χ4v) is 3.29. The van der Waals surface area contributed by atoms with Gasteiger partial charge in [-0.1, -0.05) is 31.2 Å². The lowest BCUT2D eigenvalue weighted by Crippen LogP contribution is -2.47. The SMILES string of the molecule is CNNC(=O)C(C)(CCCC(C)(C)[N+](=O)[O-])c1cccc(C[C@H](C)C(=O)OC)c1. The fourth-order valence-electron chi connectivity index (χ4n) is 3.29. The number of ether oxygens (including phenoxy) is 1. The number of methoxy groups -OCH3 is 1. The molecule has 2 atom stereocenters. The zero-order chi connectivity index (χ0) is 22.2. The molecule has 162 valence electrons. The second kappa shape index (κ2) is 10.3. The van der Waals surface area contributed by atoms with Crippen LogP contribution in [0.15, 0.2) is 24.3 Å². The molecule has 0 aliphatic rings. The van der Waals surface area contributed by atoms with Crippen LogP contribution in [0.1, 0.15) is 58.1 Å². The van der Waals surface area contributed by atoms with Crippen molar-refractivity contribution >= 4 is 11.9 Å². The second-order valence-corrected chi connectivity index (χ2v) is 8.29. The molecule has 0 aliphatic carbocycles. The van der Waals surface area contributed by atoms with E-state index in [4.69, 9.17) is 4.74 Å². The van der Waals surface area contributed by atoms with E-state index < -0.39 is 11.0 Å². The highest BCUT2D eigenvalue weighted by molar-refractivity contribution is 5.87. The molecule has 8 heteroatoms. The van der Waals surface area contributed by atoms with Crippen molar-refractivity contribution in [3.8, 4) is 0 Å². The van der Waals surface area contributed by atoms with Gasteiger partial charge in [-0.2, -0.15) is 0 Å². The number of esters is 1. The van der Waals surface area contributed by atoms with E-state index in [0.29, 0.717) is 25.7 Å². The first-order valence-corrected chi connectivity index (χ1v) is 9.77. The van der Waals surface area contributed by atoms with Crippen molar-refractivity contribution in [2.24, 2.45) is 5.92 Å². The molecule has 0 spiro atoms. The van der Waals surface area contributed by atoms with Crippen molar-refractivity contribution in [2.45, 2.75) is 64.3 Å². The standard InChI is InChI=1S/C21H33N3O5/c1-15(18(25)29-6)13-16-9-7-10-17(14-16)21(4,19(26)23-22-5)12-8-11-20(2,3)24(27)28/h7,9-10,14-15,22H,8,11-13H2,1-6H3,(H,23,26)/t15-,21?/m0/s1. The number of carbonyl (C=O) groups excluding carboxylic acids is 2. The zero-order valence-electron chi connectivity index (χ0n) is 18.2. The van der Waals surface area contributed by atoms with Gasteiger partial charge in [0, 0.05) is 32.2 Å². The van der Waals surface area contributed by atoms with Crippen LogP contribution in [-0.4, -0.2) is 36.5 Å². The van der Waals surface area contributed by atoms with Crippen LogP contribution in [0, 0.1) is 16.0 Å². The summed E-state index contributed by atoms with van der Waals surface area (Å²) in [5, 5.41) is 11.2. The molecule has 0 aliphatic heterocycles. The molecule has 0 radical (unpaired) electrons. The number of nitrogens with one attached hydrogen (secondary N) is 2. The Bertz CT molecular complexity index is 735. The predicted octanol–water partition coefficient (Wildman–Crippen LogP) is 2.77. The summed E-state index contributed by atoms with van der Waals surface area (Å²) in [5.41, 5.74) is 5.13. The summed E-state index contributed by atoms with van der Waals surface area (Å²) >= 11 is 0. The molecule has 1 aromatic rings. The molecule has 1 unspecified atom stereocenters. The third kappa shape index (κ3) is 6.52. The average molecular weight is 408 g/mol. The summed E-state index contributed by atoms with van der Waals surface area (Å²) in [4.78, 5) is 35.5. The van der Waals surface area contributed by atoms with Crippen LogP contribution in [0.25, 0.3) is 0 Å². The maximum Gasteiger partial charge on any atom is 0.308 e. The first-order chi connectivity index (χ1) is 13.5. The lowest BCUT2D eigenvalue weighted by molar-refractivity contribution is -0.561. The third-order valence-corrected chi connectivity index (χ3v) is 5.41. The van der Waals surface area contributed by atoms with Crippen LogP contribution in [0.3, 0.4) is 0 Å². The van der Waals surface area contributed by atoms with Gasteiger partial charge in [0.25, 0.3) is 0 Å². The summed E-state index contributed by atoms with van der Waals surface area (Å²) in [6.45, 7) is 6.81. The first kappa shape index (κ1) is 24.6. The molecule has 2 N–H and O–H groups in total. The van der Waals surface area contributed by atoms with Gasteiger partial charge in [0.05, 0.1) is 18.4 Å². The molecule has 8 nitrogen and oxygen atoms in total. The predicted molar refractivity (Wildman–Crippen MR) is 111 cm³/mol. The lowest BCUT2D eigenvalue weighted by atomic mass is 9.75. The first-order valence-electron chi connectivity index (χ1n) is 9.77. The molecule has 0 fully saturated rings. The number of carbonyl (C=O) groups is 2. The lowest BCUT2D eigenvalue weighted by Gasteiger charge is -2.30. The van der Waals surface area contributed by atoms with Gasteiger partial charge in [0.1, 0.15) is 0 Å². The Balaban J connectivity index is 3.11. The summed E-state index contributed by atoms with van der Waals surface area (Å²) in [7, 11) is 2.98. The molecule has 0 aromatic heterocycles. The maximum atomic E-state index is 12.9. The molecular weight excluding hydrogens is 374 g/mol. The molecule has 0 saturated heterocycles. The number of rotatable bonds is 11. The minimum absolute atomic E-state index is 0.211. The highest BCUT2D eigenvalue weighted by Gasteiger charge is 2.37. The quantitative estimate of drug-likeness (QED) is 0.331. The number of nitrogens with zero attached hydrogens (tertiary/aromatic N) is 1. The summed E-state index contributed by atoms with van der Waals surface area (Å²) in [6.07, 6.45) is 1.83. The molecule has 1 rings (SSSR count). The van der Waals surface area contributed by atoms with Gasteiger partial charge in [0.2, 0.25) is 11.4 Å². The van der Waals surface area contributed by atoms with Gasteiger partial charge in [-0.15, -0.1) is 0 Å². The van der Waals surface area contributed by atoms with Gasteiger partial charge >= 0.3 is 5.97 Å². The Morgan fingerprint density at radius 3 is 2.45 bits per heavy atom. The van der Waals surface area contributed by atoms with Crippen LogP contribution in [0.2, 0.25) is 0 Å². The molecule has 0 bridgehead atoms. The summed E-state index contributed by atoms with van der Waals surface area (Å²) < 4.78 is 4.79. The Hall–Kier alpha value is -2.48. The number of hydrogen-bond donors (Lipinski definition) is 2. The number of hydrogen-bond acceptors (Lipinski definition) is 6. The van der Waals surface area contributed by atoms with Crippen LogP contribution < -0.4 is 10.9 Å². The summed E-state index contributed by atoms with van der Waals surface area (Å²) in [6, 6.07) is 7.57. The molecule has 0 saturated carbocycles. The van der Waals surface area contributed by atoms with E-state index in [0.717, 1.165) is 11.1 Å². The van der Waals surface area contributed by atoms with E-state index in [1.54, 1.807) is 27.8 Å². The second-order valence-electron chi connectivity index (χ2n) is 8.29. The Kier molecular flexibility index (Phi) is 8.76. The van der Waals surface area contributed by atoms with Crippen LogP contribution in [0.4, 0.5) is 0 Å². The van der Waals surface area contributed by atoms with Gasteiger partial charge in [-0.3, -0.25) is 25.1 Å². The fraction of sp³-hybridized carbons (Fsp3) is 0.619. The number of amides is 1. The van der Waals surface area contributed by atoms with Crippen LogP contribution in [0.5, 0.6) is 0 Å². The average Bonchev–Trinajstić information content (AvgIpc) is 2.67. The van der Waals surface area contributed by atoms with Gasteiger partial charge in [-0.25, -0.2) is 5.43 Å². The highest BCUT2D eigenvalue weighted by Crippen LogP contribution is 2.32. The van der Waals surface area contributed by atoms with E-state index in [9.17, 15) is 19.7 Å². The van der Waals surface area contributed by atoms with Crippen molar-refractivity contribution in [3.63, 3.8) is 0 Å². The van der Waals surface area contributed by atoms with Gasteiger partial charge in [-0.05, 0) is 37.3 Å². The molecule has 0 heterocycles.